The van der Waals surface area contributed by atoms with Crippen LogP contribution in [0.15, 0.2) is 35.9 Å². The molecule has 1 aromatic carbocycles. The fourth-order valence-electron chi connectivity index (χ4n) is 6.15. The molecule has 0 amide bonds. The zero-order chi connectivity index (χ0) is 23.5. The standard InChI is InChI=1S/C29H44O3/c1-6-7-13-29(4,5)22-15-26(31)28(27(32)16-22)25-14-21(18-30)24(17-23(25)19(2)3)20-11-9-8-10-12-20/h14-16,20,23-25,30-32H,2,6-13,17-18H2,1,3-5H3. The van der Waals surface area contributed by atoms with Crippen LogP contribution in [-0.4, -0.2) is 21.9 Å². The van der Waals surface area contributed by atoms with Crippen molar-refractivity contribution >= 4 is 0 Å². The summed E-state index contributed by atoms with van der Waals surface area (Å²) in [5, 5.41) is 32.4. The number of aliphatic hydroxyl groups excluding tert-OH is 1. The Labute approximate surface area is 195 Å². The number of rotatable bonds is 8. The van der Waals surface area contributed by atoms with Gasteiger partial charge in [0.25, 0.3) is 0 Å². The van der Waals surface area contributed by atoms with Gasteiger partial charge >= 0.3 is 0 Å². The first-order chi connectivity index (χ1) is 15.2. The van der Waals surface area contributed by atoms with Gasteiger partial charge in [-0.2, -0.15) is 0 Å². The summed E-state index contributed by atoms with van der Waals surface area (Å²) in [7, 11) is 0. The van der Waals surface area contributed by atoms with Gasteiger partial charge in [-0.05, 0) is 79.0 Å². The van der Waals surface area contributed by atoms with Crippen molar-refractivity contribution in [2.45, 2.75) is 96.8 Å². The molecule has 3 nitrogen and oxygen atoms in total. The van der Waals surface area contributed by atoms with Crippen molar-refractivity contribution in [3.05, 3.63) is 47.1 Å². The van der Waals surface area contributed by atoms with Crippen LogP contribution in [0.1, 0.15) is 103 Å². The molecule has 32 heavy (non-hydrogen) atoms. The average Bonchev–Trinajstić information content (AvgIpc) is 2.77. The van der Waals surface area contributed by atoms with Gasteiger partial charge in [0.2, 0.25) is 0 Å². The van der Waals surface area contributed by atoms with E-state index in [2.05, 4.69) is 40.3 Å². The van der Waals surface area contributed by atoms with E-state index in [0.29, 0.717) is 17.4 Å². The van der Waals surface area contributed by atoms with Gasteiger partial charge in [-0.3, -0.25) is 0 Å². The quantitative estimate of drug-likeness (QED) is 0.370. The normalized spacial score (nSPS) is 24.9. The number of phenolic OH excluding ortho intramolecular Hbond substituents is 2. The van der Waals surface area contributed by atoms with Crippen LogP contribution in [0.3, 0.4) is 0 Å². The van der Waals surface area contributed by atoms with Crippen molar-refractivity contribution in [2.24, 2.45) is 17.8 Å². The molecule has 0 aromatic heterocycles. The van der Waals surface area contributed by atoms with E-state index in [9.17, 15) is 15.3 Å². The third kappa shape index (κ3) is 5.25. The van der Waals surface area contributed by atoms with Gasteiger partial charge < -0.3 is 15.3 Å². The fourth-order valence-corrected chi connectivity index (χ4v) is 6.15. The number of aromatic hydroxyl groups is 2. The second-order valence-electron chi connectivity index (χ2n) is 11.0. The molecule has 0 spiro atoms. The highest BCUT2D eigenvalue weighted by Gasteiger charge is 2.38. The summed E-state index contributed by atoms with van der Waals surface area (Å²) >= 11 is 0. The lowest BCUT2D eigenvalue weighted by atomic mass is 9.64. The zero-order valence-electron chi connectivity index (χ0n) is 20.7. The molecule has 3 atom stereocenters. The van der Waals surface area contributed by atoms with Gasteiger partial charge in [-0.25, -0.2) is 0 Å². The minimum Gasteiger partial charge on any atom is -0.507 e. The van der Waals surface area contributed by atoms with Crippen LogP contribution in [0.2, 0.25) is 0 Å². The van der Waals surface area contributed by atoms with Crippen LogP contribution in [0, 0.1) is 17.8 Å². The first-order valence-corrected chi connectivity index (χ1v) is 12.7. The van der Waals surface area contributed by atoms with Crippen LogP contribution < -0.4 is 0 Å². The predicted octanol–water partition coefficient (Wildman–Crippen LogP) is 7.36. The Kier molecular flexibility index (Phi) is 8.14. The fraction of sp³-hybridized carbons (Fsp3) is 0.655. The molecular weight excluding hydrogens is 396 g/mol. The number of phenols is 2. The van der Waals surface area contributed by atoms with E-state index in [-0.39, 0.29) is 35.4 Å². The van der Waals surface area contributed by atoms with Crippen LogP contribution in [0.5, 0.6) is 11.5 Å². The Morgan fingerprint density at radius 3 is 2.25 bits per heavy atom. The largest absolute Gasteiger partial charge is 0.507 e. The average molecular weight is 441 g/mol. The lowest BCUT2D eigenvalue weighted by molar-refractivity contribution is 0.203. The van der Waals surface area contributed by atoms with Gasteiger partial charge in [0, 0.05) is 11.5 Å². The molecule has 0 radical (unpaired) electrons. The number of allylic oxidation sites excluding steroid dienone is 2. The van der Waals surface area contributed by atoms with Crippen LogP contribution in [0.4, 0.5) is 0 Å². The van der Waals surface area contributed by atoms with E-state index in [0.717, 1.165) is 42.4 Å². The smallest absolute Gasteiger partial charge is 0.123 e. The van der Waals surface area contributed by atoms with Crippen molar-refractivity contribution < 1.29 is 15.3 Å². The van der Waals surface area contributed by atoms with E-state index < -0.39 is 0 Å². The first-order valence-electron chi connectivity index (χ1n) is 12.7. The van der Waals surface area contributed by atoms with Gasteiger partial charge in [-0.1, -0.05) is 71.1 Å². The summed E-state index contributed by atoms with van der Waals surface area (Å²) in [5.74, 6) is 1.29. The molecule has 0 heterocycles. The third-order valence-corrected chi connectivity index (χ3v) is 8.25. The molecule has 2 aliphatic rings. The topological polar surface area (TPSA) is 60.7 Å². The Morgan fingerprint density at radius 2 is 1.72 bits per heavy atom. The van der Waals surface area contributed by atoms with E-state index in [1.807, 2.05) is 12.1 Å². The highest BCUT2D eigenvalue weighted by atomic mass is 16.3. The summed E-state index contributed by atoms with van der Waals surface area (Å²) in [6.07, 6.45) is 12.6. The molecule has 1 saturated carbocycles. The second kappa shape index (κ2) is 10.5. The van der Waals surface area contributed by atoms with E-state index >= 15 is 0 Å². The number of benzene rings is 1. The second-order valence-corrected chi connectivity index (χ2v) is 11.0. The Bertz CT molecular complexity index is 806. The number of aliphatic hydroxyl groups is 1. The lowest BCUT2D eigenvalue weighted by Gasteiger charge is -2.41. The number of unbranched alkanes of at least 4 members (excludes halogenated alkanes) is 1. The van der Waals surface area contributed by atoms with E-state index in [1.165, 1.54) is 32.1 Å². The van der Waals surface area contributed by atoms with Gasteiger partial charge in [0.1, 0.15) is 11.5 Å². The summed E-state index contributed by atoms with van der Waals surface area (Å²) in [5.41, 5.74) is 3.60. The summed E-state index contributed by atoms with van der Waals surface area (Å²) in [4.78, 5) is 0. The Hall–Kier alpha value is -1.74. The summed E-state index contributed by atoms with van der Waals surface area (Å²) < 4.78 is 0. The number of hydrogen-bond acceptors (Lipinski definition) is 3. The molecule has 178 valence electrons. The predicted molar refractivity (Wildman–Crippen MR) is 133 cm³/mol. The zero-order valence-corrected chi connectivity index (χ0v) is 20.7. The lowest BCUT2D eigenvalue weighted by Crippen LogP contribution is -2.31. The minimum absolute atomic E-state index is 0.0459. The maximum Gasteiger partial charge on any atom is 0.123 e. The van der Waals surface area contributed by atoms with Crippen molar-refractivity contribution in [2.75, 3.05) is 6.61 Å². The minimum atomic E-state index is -0.165. The molecule has 1 fully saturated rings. The van der Waals surface area contributed by atoms with Crippen molar-refractivity contribution in [3.8, 4) is 11.5 Å². The van der Waals surface area contributed by atoms with Crippen LogP contribution >= 0.6 is 0 Å². The molecule has 1 aromatic rings. The maximum absolute atomic E-state index is 11.1. The molecule has 3 heteroatoms. The van der Waals surface area contributed by atoms with Crippen molar-refractivity contribution in [1.82, 2.24) is 0 Å². The van der Waals surface area contributed by atoms with Crippen LogP contribution in [0.25, 0.3) is 0 Å². The van der Waals surface area contributed by atoms with Crippen molar-refractivity contribution in [1.29, 1.82) is 0 Å². The molecule has 0 aliphatic heterocycles. The first kappa shape index (κ1) is 24.9. The molecule has 3 unspecified atom stereocenters. The van der Waals surface area contributed by atoms with E-state index in [1.54, 1.807) is 0 Å². The summed E-state index contributed by atoms with van der Waals surface area (Å²) in [6.45, 7) is 12.9. The van der Waals surface area contributed by atoms with Gasteiger partial charge in [-0.15, -0.1) is 0 Å². The SMILES string of the molecule is C=C(C)C1CC(C2CCCCC2)C(CO)=CC1c1c(O)cc(C(C)(C)CCCC)cc1O. The molecule has 0 bridgehead atoms. The molecular formula is C29H44O3. The third-order valence-electron chi connectivity index (χ3n) is 8.25. The number of hydrogen-bond donors (Lipinski definition) is 3. The maximum atomic E-state index is 11.1. The Morgan fingerprint density at radius 1 is 1.09 bits per heavy atom. The molecule has 3 rings (SSSR count). The monoisotopic (exact) mass is 440 g/mol. The Balaban J connectivity index is 2.00. The highest BCUT2D eigenvalue weighted by molar-refractivity contribution is 5.53. The molecule has 0 saturated heterocycles. The van der Waals surface area contributed by atoms with E-state index in [4.69, 9.17) is 0 Å². The summed E-state index contributed by atoms with van der Waals surface area (Å²) in [6, 6.07) is 3.69. The van der Waals surface area contributed by atoms with Crippen molar-refractivity contribution in [3.63, 3.8) is 0 Å². The van der Waals surface area contributed by atoms with Gasteiger partial charge in [0.15, 0.2) is 0 Å². The van der Waals surface area contributed by atoms with Crippen LogP contribution in [-0.2, 0) is 5.41 Å². The molecule has 2 aliphatic carbocycles. The van der Waals surface area contributed by atoms with Gasteiger partial charge in [0.05, 0.1) is 6.61 Å². The highest BCUT2D eigenvalue weighted by Crippen LogP contribution is 2.51. The molecule has 3 N–H and O–H groups in total.